The molecule has 0 aliphatic carbocycles. The van der Waals surface area contributed by atoms with Crippen LogP contribution in [0.3, 0.4) is 0 Å². The quantitative estimate of drug-likeness (QED) is 0.561. The van der Waals surface area contributed by atoms with E-state index >= 15 is 0 Å². The maximum Gasteiger partial charge on any atom is 0.259 e. The molecule has 2 amide bonds. The highest BCUT2D eigenvalue weighted by atomic mass is 79.9. The molecule has 0 unspecified atom stereocenters. The van der Waals surface area contributed by atoms with Gasteiger partial charge in [-0.3, -0.25) is 9.59 Å². The summed E-state index contributed by atoms with van der Waals surface area (Å²) in [5.74, 6) is -0.213. The summed E-state index contributed by atoms with van der Waals surface area (Å²) in [5, 5.41) is 6.28. The number of nitrogens with one attached hydrogen (secondary N) is 2. The molecule has 0 aliphatic heterocycles. The number of ether oxygens (including phenoxy) is 1. The Bertz CT molecular complexity index is 720. The summed E-state index contributed by atoms with van der Waals surface area (Å²) in [5.41, 5.74) is 3.18. The van der Waals surface area contributed by atoms with Gasteiger partial charge in [0, 0.05) is 4.47 Å². The molecule has 24 heavy (non-hydrogen) atoms. The van der Waals surface area contributed by atoms with E-state index in [0.29, 0.717) is 5.75 Å². The Kier molecular flexibility index (Phi) is 6.97. The lowest BCUT2D eigenvalue weighted by molar-refractivity contribution is -0.127. The summed E-state index contributed by atoms with van der Waals surface area (Å²) in [6, 6.07) is 16.4. The fourth-order valence-corrected chi connectivity index (χ4v) is 2.12. The van der Waals surface area contributed by atoms with E-state index in [9.17, 15) is 9.59 Å². The average molecular weight is 390 g/mol. The molecule has 0 radical (unpaired) electrons. The van der Waals surface area contributed by atoms with Crippen LogP contribution in [0.1, 0.15) is 5.56 Å². The molecule has 0 saturated carbocycles. The Labute approximate surface area is 148 Å². The second kappa shape index (κ2) is 9.46. The van der Waals surface area contributed by atoms with Crippen molar-refractivity contribution in [2.45, 2.75) is 0 Å². The van der Waals surface area contributed by atoms with Crippen molar-refractivity contribution in [3.05, 3.63) is 64.6 Å². The molecule has 0 aliphatic rings. The number of halogens is 1. The second-order valence-corrected chi connectivity index (χ2v) is 5.64. The lowest BCUT2D eigenvalue weighted by Crippen LogP contribution is -2.37. The first kappa shape index (κ1) is 17.7. The Morgan fingerprint density at radius 2 is 1.88 bits per heavy atom. The topological polar surface area (TPSA) is 79.8 Å². The molecule has 6 nitrogen and oxygen atoms in total. The van der Waals surface area contributed by atoms with Gasteiger partial charge < -0.3 is 10.1 Å². The van der Waals surface area contributed by atoms with E-state index < -0.39 is 5.91 Å². The van der Waals surface area contributed by atoms with E-state index in [1.807, 2.05) is 42.5 Å². The van der Waals surface area contributed by atoms with Gasteiger partial charge in [0.25, 0.3) is 11.8 Å². The molecule has 0 bridgehead atoms. The van der Waals surface area contributed by atoms with Gasteiger partial charge in [0.1, 0.15) is 5.75 Å². The number of hydrazone groups is 1. The second-order valence-electron chi connectivity index (χ2n) is 4.73. The van der Waals surface area contributed by atoms with Crippen LogP contribution in [0.2, 0.25) is 0 Å². The first-order chi connectivity index (χ1) is 11.6. The standard InChI is InChI=1S/C17H16BrN3O3/c18-14-6-4-5-13(9-14)10-20-21-16(22)11-19-17(23)12-24-15-7-2-1-3-8-15/h1-10H,11-12H2,(H,19,23)(H,21,22)/b20-10+. The molecule has 0 spiro atoms. The minimum atomic E-state index is -0.422. The van der Waals surface area contributed by atoms with Gasteiger partial charge in [-0.1, -0.05) is 46.3 Å². The summed E-state index contributed by atoms with van der Waals surface area (Å²) >= 11 is 3.35. The van der Waals surface area contributed by atoms with Crippen molar-refractivity contribution in [2.75, 3.05) is 13.2 Å². The van der Waals surface area contributed by atoms with Crippen LogP contribution in [0, 0.1) is 0 Å². The van der Waals surface area contributed by atoms with Gasteiger partial charge in [-0.25, -0.2) is 5.43 Å². The van der Waals surface area contributed by atoms with Crippen molar-refractivity contribution >= 4 is 34.0 Å². The number of carbonyl (C=O) groups is 2. The number of hydrogen-bond donors (Lipinski definition) is 2. The summed E-state index contributed by atoms with van der Waals surface area (Å²) in [7, 11) is 0. The molecule has 0 saturated heterocycles. The highest BCUT2D eigenvalue weighted by Gasteiger charge is 2.05. The molecule has 0 aromatic heterocycles. The zero-order chi connectivity index (χ0) is 17.2. The van der Waals surface area contributed by atoms with Gasteiger partial charge in [0.15, 0.2) is 6.61 Å². The maximum absolute atomic E-state index is 11.6. The lowest BCUT2D eigenvalue weighted by Gasteiger charge is -2.06. The van der Waals surface area contributed by atoms with Gasteiger partial charge in [0.05, 0.1) is 12.8 Å². The third kappa shape index (κ3) is 6.62. The normalized spacial score (nSPS) is 10.4. The Morgan fingerprint density at radius 1 is 1.08 bits per heavy atom. The van der Waals surface area contributed by atoms with Crippen molar-refractivity contribution in [3.63, 3.8) is 0 Å². The van der Waals surface area contributed by atoms with Crippen LogP contribution in [0.4, 0.5) is 0 Å². The predicted octanol–water partition coefficient (Wildman–Crippen LogP) is 2.09. The SMILES string of the molecule is O=C(COc1ccccc1)NCC(=O)N/N=C/c1cccc(Br)c1. The van der Waals surface area contributed by atoms with E-state index in [4.69, 9.17) is 4.74 Å². The molecule has 0 fully saturated rings. The first-order valence-corrected chi connectivity index (χ1v) is 7.95. The molecule has 2 rings (SSSR count). The van der Waals surface area contributed by atoms with Crippen molar-refractivity contribution in [1.82, 2.24) is 10.7 Å². The van der Waals surface area contributed by atoms with Crippen LogP contribution in [-0.2, 0) is 9.59 Å². The fraction of sp³-hybridized carbons (Fsp3) is 0.118. The minimum absolute atomic E-state index is 0.154. The smallest absolute Gasteiger partial charge is 0.259 e. The molecule has 0 atom stereocenters. The van der Waals surface area contributed by atoms with E-state index in [2.05, 4.69) is 31.8 Å². The van der Waals surface area contributed by atoms with Gasteiger partial charge >= 0.3 is 0 Å². The lowest BCUT2D eigenvalue weighted by atomic mass is 10.2. The predicted molar refractivity (Wildman–Crippen MR) is 94.8 cm³/mol. The number of rotatable bonds is 7. The van der Waals surface area contributed by atoms with E-state index in [1.54, 1.807) is 12.1 Å². The Balaban J connectivity index is 1.66. The van der Waals surface area contributed by atoms with Crippen LogP contribution in [0.5, 0.6) is 5.75 Å². The Hall–Kier alpha value is -2.67. The molecule has 0 heterocycles. The van der Waals surface area contributed by atoms with Gasteiger partial charge in [-0.15, -0.1) is 0 Å². The van der Waals surface area contributed by atoms with Crippen LogP contribution < -0.4 is 15.5 Å². The molecule has 124 valence electrons. The maximum atomic E-state index is 11.6. The molecular weight excluding hydrogens is 374 g/mol. The highest BCUT2D eigenvalue weighted by Crippen LogP contribution is 2.09. The number of nitrogens with zero attached hydrogens (tertiary/aromatic N) is 1. The molecule has 2 N–H and O–H groups in total. The average Bonchev–Trinajstić information content (AvgIpc) is 2.59. The number of para-hydroxylation sites is 1. The Morgan fingerprint density at radius 3 is 2.62 bits per heavy atom. The van der Waals surface area contributed by atoms with Crippen LogP contribution >= 0.6 is 15.9 Å². The van der Waals surface area contributed by atoms with Crippen LogP contribution in [0.15, 0.2) is 64.2 Å². The summed E-state index contributed by atoms with van der Waals surface area (Å²) in [4.78, 5) is 23.2. The zero-order valence-corrected chi connectivity index (χ0v) is 14.3. The van der Waals surface area contributed by atoms with E-state index in [-0.39, 0.29) is 19.1 Å². The number of benzene rings is 2. The van der Waals surface area contributed by atoms with Crippen molar-refractivity contribution in [1.29, 1.82) is 0 Å². The summed E-state index contributed by atoms with van der Waals surface area (Å²) in [6.07, 6.45) is 1.52. The van der Waals surface area contributed by atoms with Gasteiger partial charge in [0.2, 0.25) is 0 Å². The van der Waals surface area contributed by atoms with E-state index in [0.717, 1.165) is 10.0 Å². The highest BCUT2D eigenvalue weighted by molar-refractivity contribution is 9.10. The van der Waals surface area contributed by atoms with Crippen LogP contribution in [0.25, 0.3) is 0 Å². The zero-order valence-electron chi connectivity index (χ0n) is 12.7. The van der Waals surface area contributed by atoms with Crippen molar-refractivity contribution in [3.8, 4) is 5.75 Å². The van der Waals surface area contributed by atoms with Crippen molar-refractivity contribution < 1.29 is 14.3 Å². The van der Waals surface area contributed by atoms with Gasteiger partial charge in [-0.2, -0.15) is 5.10 Å². The number of amides is 2. The third-order valence-corrected chi connectivity index (χ3v) is 3.30. The molecule has 2 aromatic carbocycles. The molecule has 2 aromatic rings. The summed E-state index contributed by atoms with van der Waals surface area (Å²) in [6.45, 7) is -0.328. The molecule has 7 heteroatoms. The van der Waals surface area contributed by atoms with E-state index in [1.165, 1.54) is 6.21 Å². The number of hydrogen-bond acceptors (Lipinski definition) is 4. The third-order valence-electron chi connectivity index (χ3n) is 2.81. The van der Waals surface area contributed by atoms with Gasteiger partial charge in [-0.05, 0) is 29.8 Å². The largest absolute Gasteiger partial charge is 0.484 e. The fourth-order valence-electron chi connectivity index (χ4n) is 1.70. The monoisotopic (exact) mass is 389 g/mol. The molecular formula is C17H16BrN3O3. The summed E-state index contributed by atoms with van der Waals surface area (Å²) < 4.78 is 6.19. The first-order valence-electron chi connectivity index (χ1n) is 7.15. The van der Waals surface area contributed by atoms with Crippen LogP contribution in [-0.4, -0.2) is 31.2 Å². The van der Waals surface area contributed by atoms with Crippen molar-refractivity contribution in [2.24, 2.45) is 5.10 Å². The number of carbonyl (C=O) groups excluding carboxylic acids is 2. The minimum Gasteiger partial charge on any atom is -0.484 e.